The molecule has 4 atom stereocenters. The van der Waals surface area contributed by atoms with Gasteiger partial charge >= 0.3 is 0 Å². The summed E-state index contributed by atoms with van der Waals surface area (Å²) in [6.07, 6.45) is 7.07. The molecule has 16 heavy (non-hydrogen) atoms. The molecule has 0 aromatic heterocycles. The van der Waals surface area contributed by atoms with Gasteiger partial charge in [-0.2, -0.15) is 0 Å². The lowest BCUT2D eigenvalue weighted by molar-refractivity contribution is 0.0758. The van der Waals surface area contributed by atoms with Crippen molar-refractivity contribution >= 4 is 0 Å². The number of rotatable bonds is 0. The van der Waals surface area contributed by atoms with Crippen molar-refractivity contribution in [2.24, 2.45) is 23.2 Å². The highest BCUT2D eigenvalue weighted by molar-refractivity contribution is 5.11. The first-order chi connectivity index (χ1) is 7.44. The van der Waals surface area contributed by atoms with E-state index in [4.69, 9.17) is 0 Å². The van der Waals surface area contributed by atoms with E-state index in [1.165, 1.54) is 12.8 Å². The Labute approximate surface area is 99.9 Å². The molecule has 0 amide bonds. The molecule has 0 saturated heterocycles. The first-order valence-electron chi connectivity index (χ1n) is 6.78. The van der Waals surface area contributed by atoms with Crippen LogP contribution in [0.5, 0.6) is 0 Å². The number of hydrogen-bond donors (Lipinski definition) is 1. The van der Waals surface area contributed by atoms with Crippen molar-refractivity contribution in [2.75, 3.05) is 0 Å². The Hall–Kier alpha value is -0.300. The van der Waals surface area contributed by atoms with Crippen LogP contribution in [-0.2, 0) is 0 Å². The molecule has 1 heteroatoms. The lowest BCUT2D eigenvalue weighted by atomic mass is 9.91. The molecule has 0 aromatic carbocycles. The van der Waals surface area contributed by atoms with Crippen LogP contribution in [0.15, 0.2) is 11.6 Å². The van der Waals surface area contributed by atoms with Crippen LogP contribution in [0.1, 0.15) is 53.4 Å². The van der Waals surface area contributed by atoms with Crippen molar-refractivity contribution in [2.45, 2.75) is 59.5 Å². The molecule has 0 aromatic rings. The molecule has 0 spiro atoms. The normalized spacial score (nSPS) is 46.4. The van der Waals surface area contributed by atoms with Crippen LogP contribution < -0.4 is 0 Å². The second-order valence-electron chi connectivity index (χ2n) is 6.59. The Bertz CT molecular complexity index is 290. The van der Waals surface area contributed by atoms with Crippen LogP contribution in [0.2, 0.25) is 0 Å². The molecular formula is C15H26O. The highest BCUT2D eigenvalue weighted by Gasteiger charge is 2.60. The van der Waals surface area contributed by atoms with Crippen LogP contribution in [0.4, 0.5) is 0 Å². The van der Waals surface area contributed by atoms with Gasteiger partial charge in [0.25, 0.3) is 0 Å². The summed E-state index contributed by atoms with van der Waals surface area (Å²) in [7, 11) is 0. The summed E-state index contributed by atoms with van der Waals surface area (Å²) < 4.78 is 0. The summed E-state index contributed by atoms with van der Waals surface area (Å²) >= 11 is 0. The third-order valence-corrected chi connectivity index (χ3v) is 5.05. The Morgan fingerprint density at radius 1 is 1.31 bits per heavy atom. The van der Waals surface area contributed by atoms with E-state index >= 15 is 0 Å². The molecule has 92 valence electrons. The van der Waals surface area contributed by atoms with Gasteiger partial charge in [0.05, 0.1) is 6.10 Å². The van der Waals surface area contributed by atoms with Crippen LogP contribution in [0, 0.1) is 23.2 Å². The number of aliphatic hydroxyl groups excluding tert-OH is 1. The third-order valence-electron chi connectivity index (χ3n) is 5.05. The quantitative estimate of drug-likeness (QED) is 0.618. The van der Waals surface area contributed by atoms with Crippen molar-refractivity contribution in [1.29, 1.82) is 0 Å². The Morgan fingerprint density at radius 3 is 2.69 bits per heavy atom. The average Bonchev–Trinajstić information content (AvgIpc) is 2.75. The summed E-state index contributed by atoms with van der Waals surface area (Å²) in [5, 5.41) is 10.4. The van der Waals surface area contributed by atoms with E-state index in [9.17, 15) is 5.11 Å². The second kappa shape index (κ2) is 4.18. The van der Waals surface area contributed by atoms with Crippen LogP contribution >= 0.6 is 0 Å². The molecule has 0 radical (unpaired) electrons. The number of fused-ring (bicyclic) bond motifs is 1. The fraction of sp³-hybridized carbons (Fsp3) is 0.867. The summed E-state index contributed by atoms with van der Waals surface area (Å²) in [5.41, 5.74) is 1.92. The van der Waals surface area contributed by atoms with E-state index in [0.717, 1.165) is 18.8 Å². The number of allylic oxidation sites excluding steroid dienone is 2. The highest BCUT2D eigenvalue weighted by Crippen LogP contribution is 2.63. The fourth-order valence-corrected chi connectivity index (χ4v) is 3.62. The predicted octanol–water partition coefficient (Wildman–Crippen LogP) is 3.78. The zero-order chi connectivity index (χ0) is 11.9. The van der Waals surface area contributed by atoms with Gasteiger partial charge in [-0.25, -0.2) is 0 Å². The smallest absolute Gasteiger partial charge is 0.0602 e. The Kier molecular flexibility index (Phi) is 3.18. The van der Waals surface area contributed by atoms with Crippen molar-refractivity contribution < 1.29 is 5.11 Å². The molecule has 1 fully saturated rings. The van der Waals surface area contributed by atoms with Gasteiger partial charge < -0.3 is 5.11 Å². The molecule has 1 N–H and O–H groups in total. The van der Waals surface area contributed by atoms with Gasteiger partial charge in [0, 0.05) is 0 Å². The van der Waals surface area contributed by atoms with E-state index in [2.05, 4.69) is 33.8 Å². The minimum absolute atomic E-state index is 0.0770. The maximum atomic E-state index is 10.4. The van der Waals surface area contributed by atoms with Gasteiger partial charge in [-0.3, -0.25) is 0 Å². The minimum atomic E-state index is -0.0770. The van der Waals surface area contributed by atoms with E-state index in [1.807, 2.05) is 0 Å². The van der Waals surface area contributed by atoms with E-state index in [-0.39, 0.29) is 6.10 Å². The van der Waals surface area contributed by atoms with Crippen LogP contribution in [-0.4, -0.2) is 11.2 Å². The summed E-state index contributed by atoms with van der Waals surface area (Å²) in [6.45, 7) is 9.12. The van der Waals surface area contributed by atoms with Gasteiger partial charge in [0.1, 0.15) is 0 Å². The first-order valence-corrected chi connectivity index (χ1v) is 6.78. The number of aliphatic hydroxyl groups is 1. The average molecular weight is 222 g/mol. The molecule has 0 heterocycles. The summed E-state index contributed by atoms with van der Waals surface area (Å²) in [6, 6.07) is 0. The highest BCUT2D eigenvalue weighted by atomic mass is 16.3. The maximum Gasteiger partial charge on any atom is 0.0602 e. The van der Waals surface area contributed by atoms with Gasteiger partial charge in [0.15, 0.2) is 0 Å². The topological polar surface area (TPSA) is 20.2 Å². The van der Waals surface area contributed by atoms with E-state index in [0.29, 0.717) is 17.3 Å². The monoisotopic (exact) mass is 222 g/mol. The van der Waals surface area contributed by atoms with Crippen LogP contribution in [0.3, 0.4) is 0 Å². The minimum Gasteiger partial charge on any atom is -0.393 e. The van der Waals surface area contributed by atoms with Gasteiger partial charge in [-0.1, -0.05) is 32.4 Å². The van der Waals surface area contributed by atoms with Crippen molar-refractivity contribution in [3.8, 4) is 0 Å². The Balaban J connectivity index is 2.12. The first kappa shape index (κ1) is 12.2. The van der Waals surface area contributed by atoms with Gasteiger partial charge in [-0.15, -0.1) is 0 Å². The van der Waals surface area contributed by atoms with E-state index in [1.54, 1.807) is 5.57 Å². The lowest BCUT2D eigenvalue weighted by Crippen LogP contribution is -2.22. The standard InChI is InChI=1S/C15H26O/c1-10-6-5-7-11(2)14(16)13-12(9-8-10)15(13,3)4/h6,11-14,16H,5,7-9H2,1-4H3/b10-6+/t11-,12+,13-,14+/m0/s1. The molecular weight excluding hydrogens is 196 g/mol. The molecule has 1 nitrogen and oxygen atoms in total. The molecule has 0 bridgehead atoms. The zero-order valence-corrected chi connectivity index (χ0v) is 11.2. The zero-order valence-electron chi connectivity index (χ0n) is 11.2. The van der Waals surface area contributed by atoms with E-state index < -0.39 is 0 Å². The van der Waals surface area contributed by atoms with Gasteiger partial charge in [-0.05, 0) is 55.8 Å². The molecule has 2 aliphatic carbocycles. The fourth-order valence-electron chi connectivity index (χ4n) is 3.62. The summed E-state index contributed by atoms with van der Waals surface area (Å²) in [4.78, 5) is 0. The summed E-state index contributed by atoms with van der Waals surface area (Å²) in [5.74, 6) is 1.75. The second-order valence-corrected chi connectivity index (χ2v) is 6.59. The lowest BCUT2D eigenvalue weighted by Gasteiger charge is -2.20. The van der Waals surface area contributed by atoms with Crippen molar-refractivity contribution in [3.63, 3.8) is 0 Å². The Morgan fingerprint density at radius 2 is 2.00 bits per heavy atom. The molecule has 0 aliphatic heterocycles. The molecule has 1 saturated carbocycles. The SMILES string of the molecule is C/C1=C\CC[C@H](C)[C@@H](O)[C@@H]2[C@@H](CC1)C2(C)C. The van der Waals surface area contributed by atoms with Gasteiger partial charge in [0.2, 0.25) is 0 Å². The maximum absolute atomic E-state index is 10.4. The van der Waals surface area contributed by atoms with Crippen molar-refractivity contribution in [3.05, 3.63) is 11.6 Å². The predicted molar refractivity (Wildman–Crippen MR) is 68.2 cm³/mol. The van der Waals surface area contributed by atoms with Crippen molar-refractivity contribution in [1.82, 2.24) is 0 Å². The molecule has 2 rings (SSSR count). The number of hydrogen-bond acceptors (Lipinski definition) is 1. The third kappa shape index (κ3) is 2.07. The largest absolute Gasteiger partial charge is 0.393 e. The van der Waals surface area contributed by atoms with Crippen LogP contribution in [0.25, 0.3) is 0 Å². The molecule has 2 aliphatic rings. The molecule has 0 unspecified atom stereocenters.